The maximum atomic E-state index is 11.6. The molecule has 0 aliphatic heterocycles. The second-order valence-corrected chi connectivity index (χ2v) is 8.00. The minimum absolute atomic E-state index is 0.317. The van der Waals surface area contributed by atoms with Gasteiger partial charge in [-0.3, -0.25) is 0 Å². The van der Waals surface area contributed by atoms with Crippen LogP contribution in [0.1, 0.15) is 5.69 Å². The molecule has 1 heterocycles. The van der Waals surface area contributed by atoms with E-state index in [2.05, 4.69) is 11.1 Å². The molecule has 0 bridgehead atoms. The second kappa shape index (κ2) is 5.87. The number of aromatic amines is 1. The molecule has 0 fully saturated rings. The zero-order chi connectivity index (χ0) is 16.6. The van der Waals surface area contributed by atoms with Crippen molar-refractivity contribution in [2.75, 3.05) is 6.26 Å². The zero-order valence-corrected chi connectivity index (χ0v) is 14.4. The van der Waals surface area contributed by atoms with Gasteiger partial charge in [-0.05, 0) is 48.4 Å². The molecule has 0 radical (unpaired) electrons. The van der Waals surface area contributed by atoms with Crippen LogP contribution in [0.4, 0.5) is 0 Å². The van der Waals surface area contributed by atoms with Crippen molar-refractivity contribution in [2.45, 2.75) is 11.8 Å². The van der Waals surface area contributed by atoms with Gasteiger partial charge in [0.05, 0.1) is 10.6 Å². The highest BCUT2D eigenvalue weighted by molar-refractivity contribution is 7.90. The van der Waals surface area contributed by atoms with Crippen LogP contribution >= 0.6 is 11.6 Å². The van der Waals surface area contributed by atoms with E-state index >= 15 is 0 Å². The normalized spacial score (nSPS) is 11.6. The van der Waals surface area contributed by atoms with E-state index in [9.17, 15) is 8.42 Å². The number of hydrogen-bond donors (Lipinski definition) is 1. The third kappa shape index (κ3) is 3.33. The van der Waals surface area contributed by atoms with Crippen LogP contribution in [-0.4, -0.2) is 19.7 Å². The van der Waals surface area contributed by atoms with E-state index in [1.54, 1.807) is 12.1 Å². The molecule has 0 atom stereocenters. The molecule has 3 nitrogen and oxygen atoms in total. The topological polar surface area (TPSA) is 49.9 Å². The number of rotatable bonds is 3. The van der Waals surface area contributed by atoms with E-state index in [-0.39, 0.29) is 0 Å². The number of aryl methyl sites for hydroxylation is 1. The number of benzene rings is 2. The molecule has 2 aromatic carbocycles. The highest BCUT2D eigenvalue weighted by Gasteiger charge is 2.12. The van der Waals surface area contributed by atoms with Crippen LogP contribution in [0.5, 0.6) is 0 Å². The average Bonchev–Trinajstić information content (AvgIpc) is 2.89. The molecule has 0 saturated carbocycles. The molecular formula is C18H16ClNO2S. The molecule has 0 amide bonds. The van der Waals surface area contributed by atoms with Gasteiger partial charge in [0.25, 0.3) is 0 Å². The van der Waals surface area contributed by atoms with Gasteiger partial charge in [-0.25, -0.2) is 8.42 Å². The summed E-state index contributed by atoms with van der Waals surface area (Å²) in [5, 5.41) is 0.695. The van der Waals surface area contributed by atoms with Crippen molar-refractivity contribution in [3.63, 3.8) is 0 Å². The number of halogens is 1. The van der Waals surface area contributed by atoms with Gasteiger partial charge in [-0.2, -0.15) is 0 Å². The Hall–Kier alpha value is -2.04. The minimum Gasteiger partial charge on any atom is -0.358 e. The highest BCUT2D eigenvalue weighted by atomic mass is 35.5. The van der Waals surface area contributed by atoms with Gasteiger partial charge >= 0.3 is 0 Å². The Labute approximate surface area is 140 Å². The number of H-pyrrole nitrogens is 1. The first-order valence-electron chi connectivity index (χ1n) is 7.10. The number of aromatic nitrogens is 1. The lowest BCUT2D eigenvalue weighted by molar-refractivity contribution is 0.602. The van der Waals surface area contributed by atoms with E-state index in [1.807, 2.05) is 43.3 Å². The number of nitrogens with one attached hydrogen (secondary N) is 1. The predicted molar refractivity (Wildman–Crippen MR) is 94.5 cm³/mol. The smallest absolute Gasteiger partial charge is 0.175 e. The summed E-state index contributed by atoms with van der Waals surface area (Å²) in [4.78, 5) is 3.67. The van der Waals surface area contributed by atoms with E-state index in [1.165, 1.54) is 6.26 Å². The van der Waals surface area contributed by atoms with E-state index in [0.717, 1.165) is 28.1 Å². The van der Waals surface area contributed by atoms with Crippen LogP contribution in [0.3, 0.4) is 0 Å². The zero-order valence-electron chi connectivity index (χ0n) is 12.8. The molecule has 0 spiro atoms. The fraction of sp³-hybridized carbons (Fsp3) is 0.111. The largest absolute Gasteiger partial charge is 0.358 e. The summed E-state index contributed by atoms with van der Waals surface area (Å²) in [6, 6.07) is 16.6. The number of hydrogen-bond acceptors (Lipinski definition) is 2. The molecule has 3 aromatic rings. The van der Waals surface area contributed by atoms with Gasteiger partial charge in [0, 0.05) is 22.5 Å². The fourth-order valence-corrected chi connectivity index (χ4v) is 3.30. The Kier molecular flexibility index (Phi) is 4.04. The van der Waals surface area contributed by atoms with Crippen molar-refractivity contribution >= 4 is 21.4 Å². The Balaban J connectivity index is 2.09. The Bertz CT molecular complexity index is 940. The minimum atomic E-state index is -3.19. The standard InChI is InChI=1S/C18H16ClNO2S/c1-12-11-17(13-3-7-15(19)8-4-13)18(20-12)14-5-9-16(10-6-14)23(2,21)22/h3-11,20H,1-2H3. The molecule has 3 rings (SSSR count). The molecule has 1 aromatic heterocycles. The molecule has 5 heteroatoms. The lowest BCUT2D eigenvalue weighted by Crippen LogP contribution is -1.96. The molecule has 0 unspecified atom stereocenters. The van der Waals surface area contributed by atoms with E-state index < -0.39 is 9.84 Å². The summed E-state index contributed by atoms with van der Waals surface area (Å²) in [6.07, 6.45) is 1.21. The summed E-state index contributed by atoms with van der Waals surface area (Å²) in [5.74, 6) is 0. The van der Waals surface area contributed by atoms with Gasteiger partial charge in [0.2, 0.25) is 0 Å². The fourth-order valence-electron chi connectivity index (χ4n) is 2.54. The van der Waals surface area contributed by atoms with Crippen LogP contribution < -0.4 is 0 Å². The van der Waals surface area contributed by atoms with Crippen molar-refractivity contribution in [3.8, 4) is 22.4 Å². The third-order valence-corrected chi connectivity index (χ3v) is 5.06. The van der Waals surface area contributed by atoms with Crippen LogP contribution in [-0.2, 0) is 9.84 Å². The van der Waals surface area contributed by atoms with Gasteiger partial charge < -0.3 is 4.98 Å². The maximum absolute atomic E-state index is 11.6. The van der Waals surface area contributed by atoms with Gasteiger partial charge in [0.1, 0.15) is 0 Å². The monoisotopic (exact) mass is 345 g/mol. The van der Waals surface area contributed by atoms with Crippen LogP contribution in [0.25, 0.3) is 22.4 Å². The van der Waals surface area contributed by atoms with Gasteiger partial charge in [-0.1, -0.05) is 35.9 Å². The third-order valence-electron chi connectivity index (χ3n) is 3.68. The lowest BCUT2D eigenvalue weighted by Gasteiger charge is -2.06. The average molecular weight is 346 g/mol. The molecule has 118 valence electrons. The summed E-state index contributed by atoms with van der Waals surface area (Å²) in [6.45, 7) is 1.99. The first-order chi connectivity index (χ1) is 10.8. The molecule has 0 aliphatic carbocycles. The Morgan fingerprint density at radius 3 is 2.04 bits per heavy atom. The molecule has 23 heavy (non-hydrogen) atoms. The summed E-state index contributed by atoms with van der Waals surface area (Å²) >= 11 is 5.96. The van der Waals surface area contributed by atoms with Crippen molar-refractivity contribution in [3.05, 3.63) is 65.3 Å². The van der Waals surface area contributed by atoms with Crippen molar-refractivity contribution in [1.29, 1.82) is 0 Å². The maximum Gasteiger partial charge on any atom is 0.175 e. The molecule has 0 aliphatic rings. The quantitative estimate of drug-likeness (QED) is 0.747. The van der Waals surface area contributed by atoms with Crippen LogP contribution in [0, 0.1) is 6.92 Å². The second-order valence-electron chi connectivity index (χ2n) is 5.54. The molecule has 0 saturated heterocycles. The summed E-state index contributed by atoms with van der Waals surface area (Å²) in [7, 11) is -3.19. The Morgan fingerprint density at radius 1 is 0.913 bits per heavy atom. The first kappa shape index (κ1) is 15.8. The van der Waals surface area contributed by atoms with Crippen LogP contribution in [0.15, 0.2) is 59.5 Å². The summed E-state index contributed by atoms with van der Waals surface area (Å²) < 4.78 is 23.2. The van der Waals surface area contributed by atoms with Gasteiger partial charge in [-0.15, -0.1) is 0 Å². The first-order valence-corrected chi connectivity index (χ1v) is 9.37. The van der Waals surface area contributed by atoms with Crippen molar-refractivity contribution < 1.29 is 8.42 Å². The lowest BCUT2D eigenvalue weighted by atomic mass is 10.0. The van der Waals surface area contributed by atoms with Gasteiger partial charge in [0.15, 0.2) is 9.84 Å². The van der Waals surface area contributed by atoms with E-state index in [0.29, 0.717) is 9.92 Å². The summed E-state index contributed by atoms with van der Waals surface area (Å²) in [5.41, 5.74) is 5.06. The highest BCUT2D eigenvalue weighted by Crippen LogP contribution is 2.33. The molecule has 1 N–H and O–H groups in total. The van der Waals surface area contributed by atoms with Crippen molar-refractivity contribution in [1.82, 2.24) is 4.98 Å². The molecular weight excluding hydrogens is 330 g/mol. The van der Waals surface area contributed by atoms with E-state index in [4.69, 9.17) is 11.6 Å². The SMILES string of the molecule is Cc1cc(-c2ccc(Cl)cc2)c(-c2ccc(S(C)(=O)=O)cc2)[nH]1. The number of sulfone groups is 1. The Morgan fingerprint density at radius 2 is 1.48 bits per heavy atom. The predicted octanol–water partition coefficient (Wildman–Crippen LogP) is 4.71. The van der Waals surface area contributed by atoms with Crippen LogP contribution in [0.2, 0.25) is 5.02 Å². The van der Waals surface area contributed by atoms with Crippen molar-refractivity contribution in [2.24, 2.45) is 0 Å².